The summed E-state index contributed by atoms with van der Waals surface area (Å²) in [7, 11) is 1.72. The predicted molar refractivity (Wildman–Crippen MR) is 105 cm³/mol. The molecule has 0 aromatic carbocycles. The number of carbonyl (C=O) groups is 2. The Hall–Kier alpha value is -4.09. The minimum Gasteiger partial charge on any atom is -0.480 e. The van der Waals surface area contributed by atoms with Gasteiger partial charge in [-0.3, -0.25) is 19.0 Å². The molecule has 12 nitrogen and oxygen atoms in total. The lowest BCUT2D eigenvalue weighted by Crippen LogP contribution is -2.15. The topological polar surface area (TPSA) is 160 Å². The second-order valence-electron chi connectivity index (χ2n) is 6.72. The van der Waals surface area contributed by atoms with Gasteiger partial charge in [0.05, 0.1) is 17.4 Å². The van der Waals surface area contributed by atoms with Crippen molar-refractivity contribution in [1.29, 1.82) is 0 Å². The predicted octanol–water partition coefficient (Wildman–Crippen LogP) is 0.602. The van der Waals surface area contributed by atoms with Gasteiger partial charge in [-0.05, 0) is 26.0 Å². The Morgan fingerprint density at radius 1 is 1.17 bits per heavy atom. The lowest BCUT2D eigenvalue weighted by atomic mass is 10.2. The molecule has 0 aliphatic heterocycles. The van der Waals surface area contributed by atoms with Crippen LogP contribution in [-0.4, -0.2) is 56.3 Å². The number of primary amides is 1. The molecule has 1 amide bonds. The van der Waals surface area contributed by atoms with Crippen molar-refractivity contribution < 1.29 is 14.7 Å². The normalized spacial score (nSPS) is 11.3. The maximum atomic E-state index is 11.8. The Kier molecular flexibility index (Phi) is 4.53. The van der Waals surface area contributed by atoms with Gasteiger partial charge in [0.1, 0.15) is 23.6 Å². The first-order chi connectivity index (χ1) is 14.3. The van der Waals surface area contributed by atoms with Gasteiger partial charge >= 0.3 is 5.97 Å². The standard InChI is InChI=1S/C18H19N9O3/c1-4-26-13(5-9(2)23-26)17-22-18(27(24-17)8-14(28)29)15-10-7-20-25(3)12(10)6-11(21-15)16(19)30/h5-7H,4,8H2,1-3H3,(H2,19,30)(H,28,29). The summed E-state index contributed by atoms with van der Waals surface area (Å²) in [5.74, 6) is -1.32. The van der Waals surface area contributed by atoms with Crippen LogP contribution in [0, 0.1) is 6.92 Å². The molecule has 0 saturated carbocycles. The van der Waals surface area contributed by atoms with Crippen LogP contribution in [0.15, 0.2) is 18.3 Å². The number of carbonyl (C=O) groups excluding carboxylic acids is 1. The van der Waals surface area contributed by atoms with Gasteiger partial charge < -0.3 is 10.8 Å². The van der Waals surface area contributed by atoms with Crippen LogP contribution < -0.4 is 5.73 Å². The maximum absolute atomic E-state index is 11.8. The smallest absolute Gasteiger partial charge is 0.325 e. The minimum atomic E-state index is -1.10. The number of fused-ring (bicyclic) bond motifs is 1. The number of rotatable bonds is 6. The van der Waals surface area contributed by atoms with Crippen molar-refractivity contribution in [1.82, 2.24) is 39.3 Å². The summed E-state index contributed by atoms with van der Waals surface area (Å²) < 4.78 is 4.54. The molecule has 4 heterocycles. The van der Waals surface area contributed by atoms with Crippen molar-refractivity contribution in [3.05, 3.63) is 29.7 Å². The number of hydrogen-bond donors (Lipinski definition) is 2. The third-order valence-corrected chi connectivity index (χ3v) is 4.60. The van der Waals surface area contributed by atoms with Gasteiger partial charge in [-0.2, -0.15) is 10.2 Å². The van der Waals surface area contributed by atoms with E-state index in [1.54, 1.807) is 22.6 Å². The van der Waals surface area contributed by atoms with Crippen molar-refractivity contribution in [2.75, 3.05) is 0 Å². The lowest BCUT2D eigenvalue weighted by Gasteiger charge is -2.06. The fraction of sp³-hybridized carbons (Fsp3) is 0.278. The zero-order valence-corrected chi connectivity index (χ0v) is 16.6. The molecule has 0 saturated heterocycles. The van der Waals surface area contributed by atoms with Crippen LogP contribution in [0.25, 0.3) is 33.9 Å². The molecular weight excluding hydrogens is 390 g/mol. The summed E-state index contributed by atoms with van der Waals surface area (Å²) in [6, 6.07) is 3.35. The van der Waals surface area contributed by atoms with Gasteiger partial charge in [0, 0.05) is 19.0 Å². The number of nitrogens with two attached hydrogens (primary N) is 1. The van der Waals surface area contributed by atoms with Crippen LogP contribution in [0.3, 0.4) is 0 Å². The zero-order chi connectivity index (χ0) is 21.6. The molecule has 0 fully saturated rings. The van der Waals surface area contributed by atoms with Crippen molar-refractivity contribution in [3.63, 3.8) is 0 Å². The zero-order valence-electron chi connectivity index (χ0n) is 16.6. The first-order valence-corrected chi connectivity index (χ1v) is 9.12. The first kappa shape index (κ1) is 19.2. The average Bonchev–Trinajstić information content (AvgIpc) is 3.37. The molecule has 0 radical (unpaired) electrons. The van der Waals surface area contributed by atoms with Gasteiger partial charge in [-0.1, -0.05) is 0 Å². The van der Waals surface area contributed by atoms with Gasteiger partial charge in [0.15, 0.2) is 11.6 Å². The SMILES string of the molecule is CCn1nc(C)cc1-c1nc(-c2nc(C(N)=O)cc3c2cnn3C)n(CC(=O)O)n1. The highest BCUT2D eigenvalue weighted by Gasteiger charge is 2.23. The number of hydrogen-bond acceptors (Lipinski definition) is 7. The Labute approximate surface area is 170 Å². The summed E-state index contributed by atoms with van der Waals surface area (Å²) >= 11 is 0. The molecule has 154 valence electrons. The lowest BCUT2D eigenvalue weighted by molar-refractivity contribution is -0.137. The van der Waals surface area contributed by atoms with Crippen LogP contribution in [0.1, 0.15) is 23.1 Å². The Morgan fingerprint density at radius 2 is 1.93 bits per heavy atom. The quantitative estimate of drug-likeness (QED) is 0.468. The number of carboxylic acids is 1. The number of aromatic nitrogens is 8. The van der Waals surface area contributed by atoms with Crippen molar-refractivity contribution >= 4 is 22.8 Å². The molecule has 4 aromatic rings. The van der Waals surface area contributed by atoms with E-state index < -0.39 is 18.4 Å². The molecule has 12 heteroatoms. The Morgan fingerprint density at radius 3 is 2.60 bits per heavy atom. The van der Waals surface area contributed by atoms with Gasteiger partial charge in [0.2, 0.25) is 0 Å². The third-order valence-electron chi connectivity index (χ3n) is 4.60. The van der Waals surface area contributed by atoms with E-state index in [-0.39, 0.29) is 17.2 Å². The van der Waals surface area contributed by atoms with Gasteiger partial charge in [-0.25, -0.2) is 14.6 Å². The fourth-order valence-corrected chi connectivity index (χ4v) is 3.27. The van der Waals surface area contributed by atoms with E-state index in [9.17, 15) is 14.7 Å². The van der Waals surface area contributed by atoms with E-state index >= 15 is 0 Å². The van der Waals surface area contributed by atoms with Gasteiger partial charge in [-0.15, -0.1) is 5.10 Å². The van der Waals surface area contributed by atoms with Crippen molar-refractivity contribution in [2.24, 2.45) is 12.8 Å². The van der Waals surface area contributed by atoms with Crippen molar-refractivity contribution in [2.45, 2.75) is 26.9 Å². The molecule has 0 spiro atoms. The summed E-state index contributed by atoms with van der Waals surface area (Å²) in [5, 5.41) is 22.9. The van der Waals surface area contributed by atoms with E-state index in [1.165, 1.54) is 10.7 Å². The number of aryl methyl sites for hydroxylation is 3. The van der Waals surface area contributed by atoms with Crippen molar-refractivity contribution in [3.8, 4) is 23.0 Å². The molecule has 0 unspecified atom stereocenters. The molecule has 0 aliphatic rings. The van der Waals surface area contributed by atoms with E-state index in [2.05, 4.69) is 25.3 Å². The maximum Gasteiger partial charge on any atom is 0.325 e. The van der Waals surface area contributed by atoms with Crippen LogP contribution in [0.2, 0.25) is 0 Å². The van der Waals surface area contributed by atoms with E-state index in [1.807, 2.05) is 19.9 Å². The molecule has 0 atom stereocenters. The highest BCUT2D eigenvalue weighted by molar-refractivity contribution is 5.99. The number of pyridine rings is 1. The summed E-state index contributed by atoms with van der Waals surface area (Å²) in [5.41, 5.74) is 7.77. The second-order valence-corrected chi connectivity index (χ2v) is 6.72. The summed E-state index contributed by atoms with van der Waals surface area (Å²) in [6.45, 7) is 3.93. The number of carboxylic acid groups (broad SMARTS) is 1. The van der Waals surface area contributed by atoms with E-state index in [0.29, 0.717) is 29.0 Å². The Balaban J connectivity index is 1.99. The molecule has 30 heavy (non-hydrogen) atoms. The first-order valence-electron chi connectivity index (χ1n) is 9.12. The second kappa shape index (κ2) is 7.06. The third kappa shape index (κ3) is 3.17. The largest absolute Gasteiger partial charge is 0.480 e. The molecule has 3 N–H and O–H groups in total. The molecule has 4 rings (SSSR count). The fourth-order valence-electron chi connectivity index (χ4n) is 3.27. The van der Waals surface area contributed by atoms with Crippen LogP contribution in [0.4, 0.5) is 0 Å². The molecule has 4 aromatic heterocycles. The minimum absolute atomic E-state index is 0.0157. The number of aliphatic carboxylic acids is 1. The van der Waals surface area contributed by atoms with Crippen LogP contribution in [0.5, 0.6) is 0 Å². The summed E-state index contributed by atoms with van der Waals surface area (Å²) in [4.78, 5) is 32.2. The highest BCUT2D eigenvalue weighted by Crippen LogP contribution is 2.28. The molecule has 0 aliphatic carbocycles. The van der Waals surface area contributed by atoms with E-state index in [4.69, 9.17) is 5.73 Å². The molecular formula is C18H19N9O3. The van der Waals surface area contributed by atoms with Gasteiger partial charge in [0.25, 0.3) is 5.91 Å². The molecule has 0 bridgehead atoms. The number of nitrogens with zero attached hydrogens (tertiary/aromatic N) is 8. The van der Waals surface area contributed by atoms with Crippen LogP contribution >= 0.6 is 0 Å². The Bertz CT molecular complexity index is 1300. The highest BCUT2D eigenvalue weighted by atomic mass is 16.4. The summed E-state index contributed by atoms with van der Waals surface area (Å²) in [6.07, 6.45) is 1.57. The number of amides is 1. The average molecular weight is 409 g/mol. The monoisotopic (exact) mass is 409 g/mol. The van der Waals surface area contributed by atoms with Crippen LogP contribution in [-0.2, 0) is 24.9 Å². The van der Waals surface area contributed by atoms with E-state index in [0.717, 1.165) is 5.69 Å².